The van der Waals surface area contributed by atoms with E-state index >= 15 is 0 Å². The summed E-state index contributed by atoms with van der Waals surface area (Å²) < 4.78 is 27.0. The van der Waals surface area contributed by atoms with Crippen molar-refractivity contribution in [2.45, 2.75) is 44.2 Å². The maximum absolute atomic E-state index is 12.8. The molecule has 1 aromatic carbocycles. The van der Waals surface area contributed by atoms with Crippen molar-refractivity contribution in [1.29, 1.82) is 0 Å². The SMILES string of the molecule is CCC(CC)N(CCO)S(=O)(=O)c1ccccc1CN. The largest absolute Gasteiger partial charge is 0.395 e. The zero-order valence-electron chi connectivity index (χ0n) is 12.1. The van der Waals surface area contributed by atoms with Gasteiger partial charge in [-0.05, 0) is 24.5 Å². The van der Waals surface area contributed by atoms with Crippen LogP contribution in [-0.2, 0) is 16.6 Å². The van der Waals surface area contributed by atoms with Gasteiger partial charge in [-0.2, -0.15) is 4.31 Å². The van der Waals surface area contributed by atoms with E-state index in [1.807, 2.05) is 13.8 Å². The first-order chi connectivity index (χ1) is 9.52. The molecule has 0 bridgehead atoms. The Morgan fingerprint density at radius 2 is 1.85 bits per heavy atom. The van der Waals surface area contributed by atoms with Gasteiger partial charge < -0.3 is 10.8 Å². The molecule has 0 atom stereocenters. The normalized spacial score (nSPS) is 12.3. The number of hydrogen-bond acceptors (Lipinski definition) is 4. The van der Waals surface area contributed by atoms with Crippen molar-refractivity contribution in [2.24, 2.45) is 5.73 Å². The van der Waals surface area contributed by atoms with E-state index in [-0.39, 0.29) is 30.6 Å². The van der Waals surface area contributed by atoms with E-state index in [0.29, 0.717) is 18.4 Å². The average Bonchev–Trinajstić information content (AvgIpc) is 2.47. The molecule has 0 saturated carbocycles. The van der Waals surface area contributed by atoms with Gasteiger partial charge in [0.25, 0.3) is 0 Å². The Balaban J connectivity index is 3.29. The number of rotatable bonds is 8. The van der Waals surface area contributed by atoms with Crippen molar-refractivity contribution in [2.75, 3.05) is 13.2 Å². The minimum absolute atomic E-state index is 0.105. The first-order valence-electron chi connectivity index (χ1n) is 6.93. The molecule has 0 aliphatic heterocycles. The predicted molar refractivity (Wildman–Crippen MR) is 79.7 cm³/mol. The molecule has 0 saturated heterocycles. The molecule has 0 unspecified atom stereocenters. The topological polar surface area (TPSA) is 83.6 Å². The molecule has 0 amide bonds. The Labute approximate surface area is 121 Å². The lowest BCUT2D eigenvalue weighted by atomic mass is 10.2. The van der Waals surface area contributed by atoms with Crippen molar-refractivity contribution >= 4 is 10.0 Å². The zero-order valence-corrected chi connectivity index (χ0v) is 12.9. The Kier molecular flexibility index (Phi) is 6.61. The number of nitrogens with two attached hydrogens (primary N) is 1. The molecule has 114 valence electrons. The standard InChI is InChI=1S/C14H24N2O3S/c1-3-13(4-2)16(9-10-17)20(18,19)14-8-6-5-7-12(14)11-15/h5-8,13,17H,3-4,9-11,15H2,1-2H3. The predicted octanol–water partition coefficient (Wildman–Crippen LogP) is 1.32. The summed E-state index contributed by atoms with van der Waals surface area (Å²) >= 11 is 0. The summed E-state index contributed by atoms with van der Waals surface area (Å²) in [7, 11) is -3.64. The summed E-state index contributed by atoms with van der Waals surface area (Å²) in [4.78, 5) is 0.239. The molecule has 20 heavy (non-hydrogen) atoms. The van der Waals surface area contributed by atoms with Crippen molar-refractivity contribution in [3.63, 3.8) is 0 Å². The molecule has 6 heteroatoms. The van der Waals surface area contributed by atoms with Crippen LogP contribution in [0.4, 0.5) is 0 Å². The fourth-order valence-electron chi connectivity index (χ4n) is 2.34. The third-order valence-electron chi connectivity index (χ3n) is 3.45. The van der Waals surface area contributed by atoms with E-state index in [4.69, 9.17) is 5.73 Å². The molecular weight excluding hydrogens is 276 g/mol. The molecular formula is C14H24N2O3S. The van der Waals surface area contributed by atoms with Crippen LogP contribution in [0.3, 0.4) is 0 Å². The second kappa shape index (κ2) is 7.73. The van der Waals surface area contributed by atoms with Gasteiger partial charge in [-0.25, -0.2) is 8.42 Å². The quantitative estimate of drug-likeness (QED) is 0.758. The molecule has 5 nitrogen and oxygen atoms in total. The van der Waals surface area contributed by atoms with Crippen LogP contribution in [0.25, 0.3) is 0 Å². The number of aliphatic hydroxyl groups excluding tert-OH is 1. The van der Waals surface area contributed by atoms with Gasteiger partial charge in [0.05, 0.1) is 11.5 Å². The lowest BCUT2D eigenvalue weighted by Gasteiger charge is -2.29. The van der Waals surface area contributed by atoms with Crippen LogP contribution in [-0.4, -0.2) is 37.0 Å². The first kappa shape index (κ1) is 17.1. The fourth-order valence-corrected chi connectivity index (χ4v) is 4.34. The molecule has 0 heterocycles. The van der Waals surface area contributed by atoms with Crippen LogP contribution >= 0.6 is 0 Å². The van der Waals surface area contributed by atoms with Crippen LogP contribution in [0.15, 0.2) is 29.2 Å². The van der Waals surface area contributed by atoms with Gasteiger partial charge in [-0.15, -0.1) is 0 Å². The van der Waals surface area contributed by atoms with E-state index < -0.39 is 10.0 Å². The molecule has 1 aromatic rings. The van der Waals surface area contributed by atoms with Crippen molar-refractivity contribution in [3.05, 3.63) is 29.8 Å². The first-order valence-corrected chi connectivity index (χ1v) is 8.37. The lowest BCUT2D eigenvalue weighted by molar-refractivity contribution is 0.219. The van der Waals surface area contributed by atoms with Crippen molar-refractivity contribution in [1.82, 2.24) is 4.31 Å². The van der Waals surface area contributed by atoms with Crippen LogP contribution < -0.4 is 5.73 Å². The molecule has 0 spiro atoms. The minimum Gasteiger partial charge on any atom is -0.395 e. The summed E-state index contributed by atoms with van der Waals surface area (Å²) in [5.41, 5.74) is 6.23. The number of aliphatic hydroxyl groups is 1. The van der Waals surface area contributed by atoms with Crippen molar-refractivity contribution in [3.8, 4) is 0 Å². The number of sulfonamides is 1. The second-order valence-electron chi connectivity index (χ2n) is 4.62. The Bertz CT molecular complexity index is 513. The molecule has 0 aliphatic carbocycles. The van der Waals surface area contributed by atoms with Crippen LogP contribution in [0.5, 0.6) is 0 Å². The third kappa shape index (κ3) is 3.58. The van der Waals surface area contributed by atoms with E-state index in [1.54, 1.807) is 24.3 Å². The smallest absolute Gasteiger partial charge is 0.243 e. The molecule has 0 fully saturated rings. The second-order valence-corrected chi connectivity index (χ2v) is 6.48. The third-order valence-corrected chi connectivity index (χ3v) is 5.50. The Morgan fingerprint density at radius 3 is 2.35 bits per heavy atom. The summed E-state index contributed by atoms with van der Waals surface area (Å²) in [5, 5.41) is 9.18. The number of nitrogens with zero attached hydrogens (tertiary/aromatic N) is 1. The Hall–Kier alpha value is -0.950. The zero-order chi connectivity index (χ0) is 15.2. The van der Waals surface area contributed by atoms with E-state index in [9.17, 15) is 13.5 Å². The molecule has 0 aliphatic rings. The highest BCUT2D eigenvalue weighted by Crippen LogP contribution is 2.23. The van der Waals surface area contributed by atoms with Gasteiger partial charge >= 0.3 is 0 Å². The van der Waals surface area contributed by atoms with Gasteiger partial charge in [0.2, 0.25) is 10.0 Å². The van der Waals surface area contributed by atoms with Crippen LogP contribution in [0.1, 0.15) is 32.3 Å². The van der Waals surface area contributed by atoms with E-state index in [2.05, 4.69) is 0 Å². The minimum atomic E-state index is -3.64. The van der Waals surface area contributed by atoms with Crippen molar-refractivity contribution < 1.29 is 13.5 Å². The van der Waals surface area contributed by atoms with E-state index in [0.717, 1.165) is 0 Å². The van der Waals surface area contributed by atoms with Gasteiger partial charge in [0, 0.05) is 19.1 Å². The summed E-state index contributed by atoms with van der Waals surface area (Å²) in [6.07, 6.45) is 1.42. The maximum Gasteiger partial charge on any atom is 0.243 e. The highest BCUT2D eigenvalue weighted by Gasteiger charge is 2.30. The van der Waals surface area contributed by atoms with E-state index in [1.165, 1.54) is 4.31 Å². The van der Waals surface area contributed by atoms with Crippen LogP contribution in [0.2, 0.25) is 0 Å². The molecule has 0 radical (unpaired) electrons. The number of benzene rings is 1. The molecule has 3 N–H and O–H groups in total. The van der Waals surface area contributed by atoms with Gasteiger partial charge in [-0.3, -0.25) is 0 Å². The van der Waals surface area contributed by atoms with Gasteiger partial charge in [-0.1, -0.05) is 32.0 Å². The lowest BCUT2D eigenvalue weighted by Crippen LogP contribution is -2.41. The summed E-state index contributed by atoms with van der Waals surface area (Å²) in [5.74, 6) is 0. The van der Waals surface area contributed by atoms with Gasteiger partial charge in [0.1, 0.15) is 0 Å². The fraction of sp³-hybridized carbons (Fsp3) is 0.571. The highest BCUT2D eigenvalue weighted by molar-refractivity contribution is 7.89. The monoisotopic (exact) mass is 300 g/mol. The highest BCUT2D eigenvalue weighted by atomic mass is 32.2. The summed E-state index contributed by atoms with van der Waals surface area (Å²) in [6, 6.07) is 6.64. The Morgan fingerprint density at radius 1 is 1.25 bits per heavy atom. The van der Waals surface area contributed by atoms with Crippen LogP contribution in [0, 0.1) is 0 Å². The van der Waals surface area contributed by atoms with Gasteiger partial charge in [0.15, 0.2) is 0 Å². The maximum atomic E-state index is 12.8. The average molecular weight is 300 g/mol. The number of hydrogen-bond donors (Lipinski definition) is 2. The molecule has 0 aromatic heterocycles. The molecule has 1 rings (SSSR count). The summed E-state index contributed by atoms with van der Waals surface area (Å²) in [6.45, 7) is 3.98.